The van der Waals surface area contributed by atoms with Crippen molar-refractivity contribution in [3.63, 3.8) is 0 Å². The van der Waals surface area contributed by atoms with Crippen LogP contribution in [0.15, 0.2) is 24.3 Å². The minimum Gasteiger partial charge on any atom is -0.370 e. The first-order valence-corrected chi connectivity index (χ1v) is 7.64. The van der Waals surface area contributed by atoms with E-state index in [4.69, 9.17) is 4.98 Å². The van der Waals surface area contributed by atoms with Gasteiger partial charge < -0.3 is 15.5 Å². The number of piperidine rings is 1. The molecule has 2 aromatic rings. The van der Waals surface area contributed by atoms with Gasteiger partial charge >= 0.3 is 0 Å². The molecule has 5 heteroatoms. The van der Waals surface area contributed by atoms with Gasteiger partial charge in [0, 0.05) is 20.6 Å². The predicted molar refractivity (Wildman–Crippen MR) is 87.9 cm³/mol. The first kappa shape index (κ1) is 14.1. The molecule has 0 spiro atoms. The highest BCUT2D eigenvalue weighted by Crippen LogP contribution is 2.25. The second-order valence-electron chi connectivity index (χ2n) is 5.73. The van der Waals surface area contributed by atoms with Gasteiger partial charge in [0.15, 0.2) is 11.6 Å². The largest absolute Gasteiger partial charge is 0.370 e. The van der Waals surface area contributed by atoms with Crippen molar-refractivity contribution in [2.24, 2.45) is 5.92 Å². The summed E-state index contributed by atoms with van der Waals surface area (Å²) in [7, 11) is 4.01. The topological polar surface area (TPSA) is 53.1 Å². The summed E-state index contributed by atoms with van der Waals surface area (Å²) in [6.45, 7) is 3.26. The molecule has 0 saturated carbocycles. The lowest BCUT2D eigenvalue weighted by Crippen LogP contribution is -2.37. The second-order valence-corrected chi connectivity index (χ2v) is 5.73. The van der Waals surface area contributed by atoms with E-state index in [2.05, 4.69) is 27.6 Å². The predicted octanol–water partition coefficient (Wildman–Crippen LogP) is 2.11. The zero-order valence-corrected chi connectivity index (χ0v) is 12.8. The molecule has 1 fully saturated rings. The van der Waals surface area contributed by atoms with Crippen LogP contribution in [-0.2, 0) is 0 Å². The molecule has 0 radical (unpaired) electrons. The van der Waals surface area contributed by atoms with Gasteiger partial charge in [0.2, 0.25) is 0 Å². The molecule has 5 nitrogen and oxygen atoms in total. The van der Waals surface area contributed by atoms with E-state index in [1.165, 1.54) is 12.8 Å². The van der Waals surface area contributed by atoms with Crippen LogP contribution in [0.2, 0.25) is 0 Å². The maximum absolute atomic E-state index is 4.79. The SMILES string of the molecule is CNc1nc2ccccc2nc1N(C)CC1CCCNC1. The molecule has 21 heavy (non-hydrogen) atoms. The summed E-state index contributed by atoms with van der Waals surface area (Å²) in [6, 6.07) is 8.01. The number of hydrogen-bond acceptors (Lipinski definition) is 5. The second kappa shape index (κ2) is 6.26. The summed E-state index contributed by atoms with van der Waals surface area (Å²) >= 11 is 0. The number of hydrogen-bond donors (Lipinski definition) is 2. The van der Waals surface area contributed by atoms with Crippen LogP contribution in [0.25, 0.3) is 11.0 Å². The number of fused-ring (bicyclic) bond motifs is 1. The zero-order chi connectivity index (χ0) is 14.7. The van der Waals surface area contributed by atoms with Crippen molar-refractivity contribution in [3.8, 4) is 0 Å². The van der Waals surface area contributed by atoms with Crippen LogP contribution in [0.5, 0.6) is 0 Å². The zero-order valence-electron chi connectivity index (χ0n) is 12.8. The lowest BCUT2D eigenvalue weighted by Gasteiger charge is -2.29. The maximum Gasteiger partial charge on any atom is 0.172 e. The average molecular weight is 285 g/mol. The third-order valence-electron chi connectivity index (χ3n) is 4.08. The molecule has 1 aliphatic heterocycles. The van der Waals surface area contributed by atoms with Crippen molar-refractivity contribution in [3.05, 3.63) is 24.3 Å². The van der Waals surface area contributed by atoms with E-state index in [-0.39, 0.29) is 0 Å². The van der Waals surface area contributed by atoms with E-state index < -0.39 is 0 Å². The molecule has 1 unspecified atom stereocenters. The van der Waals surface area contributed by atoms with Gasteiger partial charge in [-0.2, -0.15) is 0 Å². The molecular weight excluding hydrogens is 262 g/mol. The number of benzene rings is 1. The fourth-order valence-corrected chi connectivity index (χ4v) is 2.98. The van der Waals surface area contributed by atoms with Gasteiger partial charge in [0.05, 0.1) is 11.0 Å². The van der Waals surface area contributed by atoms with Crippen LogP contribution in [0.1, 0.15) is 12.8 Å². The summed E-state index contributed by atoms with van der Waals surface area (Å²) < 4.78 is 0. The van der Waals surface area contributed by atoms with Crippen LogP contribution in [-0.4, -0.2) is 43.7 Å². The molecule has 3 rings (SSSR count). The highest BCUT2D eigenvalue weighted by atomic mass is 15.2. The van der Waals surface area contributed by atoms with Crippen molar-refractivity contribution >= 4 is 22.7 Å². The van der Waals surface area contributed by atoms with Crippen molar-refractivity contribution in [1.29, 1.82) is 0 Å². The van der Waals surface area contributed by atoms with E-state index >= 15 is 0 Å². The normalized spacial score (nSPS) is 18.7. The van der Waals surface area contributed by atoms with Gasteiger partial charge in [-0.15, -0.1) is 0 Å². The highest BCUT2D eigenvalue weighted by molar-refractivity contribution is 5.80. The van der Waals surface area contributed by atoms with Gasteiger partial charge in [0.1, 0.15) is 0 Å². The van der Waals surface area contributed by atoms with Crippen LogP contribution in [0, 0.1) is 5.92 Å². The van der Waals surface area contributed by atoms with Crippen LogP contribution in [0.4, 0.5) is 11.6 Å². The van der Waals surface area contributed by atoms with Crippen LogP contribution >= 0.6 is 0 Å². The lowest BCUT2D eigenvalue weighted by molar-refractivity contribution is 0.380. The Hall–Kier alpha value is -1.88. The Morgan fingerprint density at radius 2 is 2.05 bits per heavy atom. The summed E-state index contributed by atoms with van der Waals surface area (Å²) in [5.41, 5.74) is 1.87. The summed E-state index contributed by atoms with van der Waals surface area (Å²) in [4.78, 5) is 11.7. The molecule has 1 saturated heterocycles. The molecule has 0 amide bonds. The Labute approximate surface area is 125 Å². The minimum absolute atomic E-state index is 0.682. The van der Waals surface area contributed by atoms with Gasteiger partial charge in [-0.25, -0.2) is 9.97 Å². The quantitative estimate of drug-likeness (QED) is 0.901. The van der Waals surface area contributed by atoms with E-state index in [0.717, 1.165) is 42.3 Å². The van der Waals surface area contributed by atoms with Crippen molar-refractivity contribution in [1.82, 2.24) is 15.3 Å². The Balaban J connectivity index is 1.86. The van der Waals surface area contributed by atoms with E-state index in [0.29, 0.717) is 5.92 Å². The lowest BCUT2D eigenvalue weighted by atomic mass is 9.99. The van der Waals surface area contributed by atoms with Crippen molar-refractivity contribution in [2.75, 3.05) is 43.9 Å². The van der Waals surface area contributed by atoms with Gasteiger partial charge in [-0.1, -0.05) is 12.1 Å². The molecule has 112 valence electrons. The summed E-state index contributed by atoms with van der Waals surface area (Å²) in [6.07, 6.45) is 2.55. The average Bonchev–Trinajstić information content (AvgIpc) is 2.54. The number of anilines is 2. The Morgan fingerprint density at radius 3 is 2.71 bits per heavy atom. The Kier molecular flexibility index (Phi) is 4.20. The molecule has 0 aliphatic carbocycles. The molecule has 1 aliphatic rings. The Morgan fingerprint density at radius 1 is 1.29 bits per heavy atom. The maximum atomic E-state index is 4.79. The van der Waals surface area contributed by atoms with Crippen molar-refractivity contribution in [2.45, 2.75) is 12.8 Å². The summed E-state index contributed by atoms with van der Waals surface area (Å²) in [5.74, 6) is 2.46. The molecule has 1 atom stereocenters. The highest BCUT2D eigenvalue weighted by Gasteiger charge is 2.18. The number of aromatic nitrogens is 2. The third kappa shape index (κ3) is 3.08. The van der Waals surface area contributed by atoms with Gasteiger partial charge in [0.25, 0.3) is 0 Å². The van der Waals surface area contributed by atoms with Crippen LogP contribution < -0.4 is 15.5 Å². The number of nitrogens with zero attached hydrogens (tertiary/aromatic N) is 3. The molecule has 2 N–H and O–H groups in total. The fourth-order valence-electron chi connectivity index (χ4n) is 2.98. The number of para-hydroxylation sites is 2. The molecule has 0 bridgehead atoms. The molecule has 1 aromatic carbocycles. The van der Waals surface area contributed by atoms with E-state index in [1.54, 1.807) is 0 Å². The summed E-state index contributed by atoms with van der Waals surface area (Å²) in [5, 5.41) is 6.65. The third-order valence-corrected chi connectivity index (χ3v) is 4.08. The first-order chi connectivity index (χ1) is 10.3. The molecule has 1 aromatic heterocycles. The molecule has 2 heterocycles. The minimum atomic E-state index is 0.682. The van der Waals surface area contributed by atoms with Crippen LogP contribution in [0.3, 0.4) is 0 Å². The monoisotopic (exact) mass is 285 g/mol. The number of rotatable bonds is 4. The Bertz CT molecular complexity index is 607. The molecular formula is C16H23N5. The fraction of sp³-hybridized carbons (Fsp3) is 0.500. The first-order valence-electron chi connectivity index (χ1n) is 7.64. The van der Waals surface area contributed by atoms with Crippen molar-refractivity contribution < 1.29 is 0 Å². The number of nitrogens with one attached hydrogen (secondary N) is 2. The van der Waals surface area contributed by atoms with E-state index in [1.807, 2.05) is 31.3 Å². The standard InChI is InChI=1S/C16H23N5/c1-17-15-16(20-14-8-4-3-7-13(14)19-15)21(2)11-12-6-5-9-18-10-12/h3-4,7-8,12,18H,5-6,9-11H2,1-2H3,(H,17,19). The van der Waals surface area contributed by atoms with Gasteiger partial charge in [-0.05, 0) is 44.0 Å². The van der Waals surface area contributed by atoms with E-state index in [9.17, 15) is 0 Å². The smallest absolute Gasteiger partial charge is 0.172 e. The van der Waals surface area contributed by atoms with Gasteiger partial charge in [-0.3, -0.25) is 0 Å².